The summed E-state index contributed by atoms with van der Waals surface area (Å²) in [4.78, 5) is 70.6. The van der Waals surface area contributed by atoms with Crippen molar-refractivity contribution in [1.29, 1.82) is 0 Å². The van der Waals surface area contributed by atoms with E-state index in [9.17, 15) is 33.6 Å². The lowest BCUT2D eigenvalue weighted by Gasteiger charge is -2.22. The van der Waals surface area contributed by atoms with E-state index in [-0.39, 0.29) is 18.9 Å². The van der Waals surface area contributed by atoms with Crippen molar-refractivity contribution in [3.63, 3.8) is 0 Å². The first kappa shape index (κ1) is 64.4. The fraction of sp³-hybridized carbons (Fsp3) is 0.759. The zero-order chi connectivity index (χ0) is 48.0. The molecule has 0 amide bonds. The van der Waals surface area contributed by atoms with Gasteiger partial charge >= 0.3 is 17.9 Å². The molecule has 0 radical (unpaired) electrons. The molecular weight excluding hydrogens is 828 g/mol. The van der Waals surface area contributed by atoms with E-state index in [2.05, 4.69) is 0 Å². The Kier molecular flexibility index (Phi) is 38.3. The molecule has 0 aliphatic rings. The molecule has 0 aliphatic carbocycles. The predicted octanol–water partition coefficient (Wildman–Crippen LogP) is -14.1. The number of aliphatic hydroxyl groups excluding tert-OH is 19. The van der Waals surface area contributed by atoms with Crippen molar-refractivity contribution >= 4 is 42.5 Å². The van der Waals surface area contributed by atoms with Gasteiger partial charge in [0, 0.05) is 0 Å². The van der Waals surface area contributed by atoms with Crippen LogP contribution in [0.4, 0.5) is 0 Å². The Balaban J connectivity index is -0.000000206. The molecule has 0 saturated heterocycles. The van der Waals surface area contributed by atoms with Crippen LogP contribution in [0.15, 0.2) is 0 Å². The number of carboxylic acids is 3. The normalized spacial score (nSPS) is 18.0. The molecule has 0 aliphatic heterocycles. The average molecular weight is 883 g/mol. The van der Waals surface area contributed by atoms with Crippen molar-refractivity contribution in [2.24, 2.45) is 0 Å². The van der Waals surface area contributed by atoms with Crippen LogP contribution < -0.4 is 0 Å². The molecule has 0 aromatic heterocycles. The molecular formula is C29H54O30. The molecule has 0 heterocycles. The van der Waals surface area contributed by atoms with Crippen molar-refractivity contribution < 1.29 is 151 Å². The number of hydrogen-bond donors (Lipinski definition) is 23. The maximum Gasteiger partial charge on any atom is 0.336 e. The summed E-state index contributed by atoms with van der Waals surface area (Å²) in [7, 11) is 0. The van der Waals surface area contributed by atoms with Gasteiger partial charge in [0.25, 0.3) is 0 Å². The van der Waals surface area contributed by atoms with Gasteiger partial charge in [-0.2, -0.15) is 0 Å². The lowest BCUT2D eigenvalue weighted by atomic mass is 9.96. The molecule has 23 N–H and O–H groups in total. The third kappa shape index (κ3) is 28.4. The molecule has 14 atom stereocenters. The highest BCUT2D eigenvalue weighted by Crippen LogP contribution is 2.15. The first-order chi connectivity index (χ1) is 27.0. The van der Waals surface area contributed by atoms with Crippen molar-refractivity contribution in [1.82, 2.24) is 0 Å². The topological polar surface area (TPSA) is 585 Å². The van der Waals surface area contributed by atoms with Gasteiger partial charge in [-0.25, -0.2) is 4.79 Å². The lowest BCUT2D eigenvalue weighted by Crippen LogP contribution is -2.46. The maximum absolute atomic E-state index is 10.5. The van der Waals surface area contributed by atoms with Crippen LogP contribution in [0.25, 0.3) is 0 Å². The Bertz CT molecular complexity index is 1120. The van der Waals surface area contributed by atoms with Gasteiger partial charge in [0.15, 0.2) is 30.2 Å². The highest BCUT2D eigenvalue weighted by molar-refractivity contribution is 5.88. The van der Waals surface area contributed by atoms with Crippen LogP contribution in [0.3, 0.4) is 0 Å². The third-order valence-corrected chi connectivity index (χ3v) is 6.59. The van der Waals surface area contributed by atoms with E-state index in [1.807, 2.05) is 0 Å². The quantitative estimate of drug-likeness (QED) is 0.0400. The van der Waals surface area contributed by atoms with E-state index >= 15 is 0 Å². The van der Waals surface area contributed by atoms with E-state index in [1.165, 1.54) is 0 Å². The summed E-state index contributed by atoms with van der Waals surface area (Å²) in [6, 6.07) is 0. The van der Waals surface area contributed by atoms with Crippen LogP contribution in [0, 0.1) is 0 Å². The van der Waals surface area contributed by atoms with E-state index in [0.717, 1.165) is 0 Å². The van der Waals surface area contributed by atoms with E-state index in [4.69, 9.17) is 117 Å². The minimum Gasteiger partial charge on any atom is -0.481 e. The Labute approximate surface area is 330 Å². The minimum atomic E-state index is -2.74. The maximum atomic E-state index is 10.5. The van der Waals surface area contributed by atoms with Crippen LogP contribution in [-0.4, -0.2) is 284 Å². The van der Waals surface area contributed by atoms with Gasteiger partial charge in [0.1, 0.15) is 92.1 Å². The Morgan fingerprint density at radius 2 is 0.678 bits per heavy atom. The van der Waals surface area contributed by atoms with E-state index in [0.29, 0.717) is 0 Å². The van der Waals surface area contributed by atoms with Gasteiger partial charge in [-0.3, -0.25) is 14.4 Å². The number of carboxylic acid groups (broad SMARTS) is 3. The van der Waals surface area contributed by atoms with Gasteiger partial charge < -0.3 is 132 Å². The molecule has 0 fully saturated rings. The molecule has 59 heavy (non-hydrogen) atoms. The molecule has 0 aromatic carbocycles. The molecule has 0 bridgehead atoms. The van der Waals surface area contributed by atoms with Crippen LogP contribution in [0.5, 0.6) is 0 Å². The number of rotatable bonds is 24. The molecule has 0 saturated carbocycles. The molecule has 30 nitrogen and oxygen atoms in total. The number of aliphatic hydroxyl groups is 20. The molecule has 30 heteroatoms. The van der Waals surface area contributed by atoms with Crippen molar-refractivity contribution in [2.75, 3.05) is 33.0 Å². The second kappa shape index (κ2) is 35.1. The summed E-state index contributed by atoms with van der Waals surface area (Å²) in [6.07, 6.45) is -25.8. The smallest absolute Gasteiger partial charge is 0.336 e. The van der Waals surface area contributed by atoms with Gasteiger partial charge in [-0.15, -0.1) is 0 Å². The van der Waals surface area contributed by atoms with Crippen LogP contribution in [-0.2, 0) is 33.6 Å². The average Bonchev–Trinajstić information content (AvgIpc) is 3.21. The first-order valence-corrected chi connectivity index (χ1v) is 15.9. The Morgan fingerprint density at radius 1 is 0.424 bits per heavy atom. The number of carbonyl (C=O) groups is 7. The summed E-state index contributed by atoms with van der Waals surface area (Å²) in [6.45, 7) is -3.90. The number of hydrogen-bond acceptors (Lipinski definition) is 27. The summed E-state index contributed by atoms with van der Waals surface area (Å²) in [5.74, 6) is -6.02. The Morgan fingerprint density at radius 3 is 0.898 bits per heavy atom. The fourth-order valence-electron chi connectivity index (χ4n) is 2.97. The van der Waals surface area contributed by atoms with E-state index in [1.54, 1.807) is 0 Å². The van der Waals surface area contributed by atoms with Crippen LogP contribution in [0.2, 0.25) is 0 Å². The number of aliphatic carboxylic acids is 3. The second-order valence-electron chi connectivity index (χ2n) is 11.4. The summed E-state index contributed by atoms with van der Waals surface area (Å²) >= 11 is 0. The predicted molar refractivity (Wildman–Crippen MR) is 180 cm³/mol. The van der Waals surface area contributed by atoms with Crippen molar-refractivity contribution in [3.8, 4) is 0 Å². The minimum absolute atomic E-state index is 0.0258. The summed E-state index contributed by atoms with van der Waals surface area (Å²) in [5.41, 5.74) is -2.74. The highest BCUT2D eigenvalue weighted by Gasteiger charge is 2.41. The largest absolute Gasteiger partial charge is 0.481 e. The summed E-state index contributed by atoms with van der Waals surface area (Å²) < 4.78 is 0. The van der Waals surface area contributed by atoms with Crippen molar-refractivity contribution in [2.45, 2.75) is 104 Å². The number of ketones is 1. The monoisotopic (exact) mass is 882 g/mol. The van der Waals surface area contributed by atoms with Crippen molar-refractivity contribution in [3.05, 3.63) is 0 Å². The fourth-order valence-corrected chi connectivity index (χ4v) is 2.97. The van der Waals surface area contributed by atoms with Crippen LogP contribution >= 0.6 is 0 Å². The number of carbonyl (C=O) groups excluding carboxylic acids is 4. The van der Waals surface area contributed by atoms with Gasteiger partial charge in [-0.05, 0) is 0 Å². The Hall–Kier alpha value is -3.71. The molecule has 0 aromatic rings. The van der Waals surface area contributed by atoms with Crippen LogP contribution in [0.1, 0.15) is 12.8 Å². The number of aldehydes is 3. The standard InChI is InChI=1S/C6H8O7.3C6H12O6.C5H10O5/c7-3(8)1-6(13,5(11)12)2-4(9)10;3*7-1-3(9)5(11)6(12)4(10)2-8;6-1-3(8)5(10)4(9)2-7/h13H,1-2H2,(H,7,8)(H,9,10)(H,11,12);3,5-9,11-12H,1-2H2;2*1,3-6,8-12H,2H2;1,3-5,7-10H,2H2. The lowest BCUT2D eigenvalue weighted by molar-refractivity contribution is -0.170. The highest BCUT2D eigenvalue weighted by atomic mass is 16.4. The third-order valence-electron chi connectivity index (χ3n) is 6.59. The van der Waals surface area contributed by atoms with Gasteiger partial charge in [0.2, 0.25) is 0 Å². The van der Waals surface area contributed by atoms with Gasteiger partial charge in [0.05, 0.1) is 39.3 Å². The molecule has 14 unspecified atom stereocenters. The zero-order valence-corrected chi connectivity index (χ0v) is 30.4. The molecule has 350 valence electrons. The SMILES string of the molecule is O=C(CO)C(O)C(O)C(O)CO.O=C(O)CC(O)(CC(=O)O)C(=O)O.O=CC(O)C(O)C(O)C(O)CO.O=CC(O)C(O)C(O)C(O)CO.O=CC(O)C(O)C(O)CO. The van der Waals surface area contributed by atoms with Gasteiger partial charge in [-0.1, -0.05) is 0 Å². The molecule has 0 rings (SSSR count). The van der Waals surface area contributed by atoms with E-state index < -0.39 is 161 Å². The molecule has 0 spiro atoms. The summed E-state index contributed by atoms with van der Waals surface area (Å²) in [5, 5.41) is 198. The number of Topliss-reactive ketones (excluding diaryl/α,β-unsaturated/α-hetero) is 1. The second-order valence-corrected chi connectivity index (χ2v) is 11.4. The zero-order valence-electron chi connectivity index (χ0n) is 30.4. The first-order valence-electron chi connectivity index (χ1n) is 15.9.